The van der Waals surface area contributed by atoms with Gasteiger partial charge < -0.3 is 14.8 Å². The van der Waals surface area contributed by atoms with Crippen LogP contribution in [0.15, 0.2) is 22.6 Å². The molecule has 1 aromatic carbocycles. The maximum absolute atomic E-state index is 11.8. The molecule has 1 saturated carbocycles. The molecule has 1 aromatic heterocycles. The van der Waals surface area contributed by atoms with Crippen molar-refractivity contribution in [3.63, 3.8) is 0 Å². The van der Waals surface area contributed by atoms with E-state index in [1.165, 1.54) is 0 Å². The van der Waals surface area contributed by atoms with Gasteiger partial charge in [-0.25, -0.2) is 4.98 Å². The van der Waals surface area contributed by atoms with Crippen LogP contribution in [0, 0.1) is 18.8 Å². The number of anilines is 1. The van der Waals surface area contributed by atoms with Crippen molar-refractivity contribution < 1.29 is 19.1 Å². The average molecular weight is 260 g/mol. The number of aryl methyl sites for hydroxylation is 1. The number of benzene rings is 1. The van der Waals surface area contributed by atoms with Gasteiger partial charge in [-0.15, -0.1) is 0 Å². The Bertz CT molecular complexity index is 676. The maximum Gasteiger partial charge on any atom is 0.307 e. The quantitative estimate of drug-likeness (QED) is 0.877. The molecule has 6 heteroatoms. The molecule has 1 amide bonds. The van der Waals surface area contributed by atoms with Crippen LogP contribution >= 0.6 is 0 Å². The lowest BCUT2D eigenvalue weighted by Gasteiger charge is -2.03. The van der Waals surface area contributed by atoms with Crippen LogP contribution in [0.5, 0.6) is 0 Å². The van der Waals surface area contributed by atoms with Gasteiger partial charge in [0.2, 0.25) is 5.91 Å². The number of carboxylic acids is 1. The van der Waals surface area contributed by atoms with E-state index in [1.54, 1.807) is 25.1 Å². The van der Waals surface area contributed by atoms with Crippen molar-refractivity contribution in [3.05, 3.63) is 24.1 Å². The Morgan fingerprint density at radius 1 is 1.42 bits per heavy atom. The van der Waals surface area contributed by atoms with Crippen LogP contribution in [0.25, 0.3) is 11.1 Å². The van der Waals surface area contributed by atoms with Crippen molar-refractivity contribution in [2.24, 2.45) is 11.8 Å². The number of amides is 1. The van der Waals surface area contributed by atoms with Gasteiger partial charge in [-0.3, -0.25) is 9.59 Å². The van der Waals surface area contributed by atoms with Crippen molar-refractivity contribution in [2.75, 3.05) is 5.32 Å². The lowest BCUT2D eigenvalue weighted by molar-refractivity contribution is -0.139. The van der Waals surface area contributed by atoms with Crippen LogP contribution in [0.4, 0.5) is 5.69 Å². The Morgan fingerprint density at radius 3 is 2.89 bits per heavy atom. The number of nitrogens with one attached hydrogen (secondary N) is 1. The Labute approximate surface area is 108 Å². The summed E-state index contributed by atoms with van der Waals surface area (Å²) >= 11 is 0. The Morgan fingerprint density at radius 2 is 2.21 bits per heavy atom. The van der Waals surface area contributed by atoms with Crippen molar-refractivity contribution >= 4 is 28.7 Å². The zero-order valence-corrected chi connectivity index (χ0v) is 10.2. The summed E-state index contributed by atoms with van der Waals surface area (Å²) in [6.45, 7) is 1.75. The molecule has 19 heavy (non-hydrogen) atoms. The van der Waals surface area contributed by atoms with E-state index in [0.29, 0.717) is 29.1 Å². The number of rotatable bonds is 3. The number of aliphatic carboxylic acids is 1. The summed E-state index contributed by atoms with van der Waals surface area (Å²) in [5, 5.41) is 11.5. The largest absolute Gasteiger partial charge is 0.481 e. The molecule has 1 aliphatic rings. The fourth-order valence-electron chi connectivity index (χ4n) is 2.11. The van der Waals surface area contributed by atoms with Gasteiger partial charge >= 0.3 is 5.97 Å². The Kier molecular flexibility index (Phi) is 2.51. The number of carboxylic acid groups (broad SMARTS) is 1. The van der Waals surface area contributed by atoms with Gasteiger partial charge in [-0.05, 0) is 24.6 Å². The molecule has 2 unspecified atom stereocenters. The zero-order valence-electron chi connectivity index (χ0n) is 10.2. The van der Waals surface area contributed by atoms with E-state index < -0.39 is 17.8 Å². The van der Waals surface area contributed by atoms with Crippen molar-refractivity contribution in [3.8, 4) is 0 Å². The van der Waals surface area contributed by atoms with Gasteiger partial charge in [0.25, 0.3) is 0 Å². The number of aromatic nitrogens is 1. The number of carbonyl (C=O) groups is 2. The molecule has 0 saturated heterocycles. The van der Waals surface area contributed by atoms with Gasteiger partial charge in [0, 0.05) is 12.6 Å². The molecule has 0 bridgehead atoms. The van der Waals surface area contributed by atoms with Crippen LogP contribution in [-0.2, 0) is 9.59 Å². The van der Waals surface area contributed by atoms with Crippen molar-refractivity contribution in [1.29, 1.82) is 0 Å². The first-order valence-electron chi connectivity index (χ1n) is 5.95. The summed E-state index contributed by atoms with van der Waals surface area (Å²) in [4.78, 5) is 26.7. The number of fused-ring (bicyclic) bond motifs is 1. The molecule has 2 atom stereocenters. The molecule has 1 fully saturated rings. The van der Waals surface area contributed by atoms with Gasteiger partial charge in [-0.1, -0.05) is 0 Å². The van der Waals surface area contributed by atoms with Crippen LogP contribution in [0.1, 0.15) is 12.3 Å². The van der Waals surface area contributed by atoms with Crippen LogP contribution in [0.2, 0.25) is 0 Å². The topological polar surface area (TPSA) is 92.4 Å². The minimum Gasteiger partial charge on any atom is -0.481 e. The molecule has 98 valence electrons. The third kappa shape index (κ3) is 2.16. The van der Waals surface area contributed by atoms with E-state index in [1.807, 2.05) is 0 Å². The van der Waals surface area contributed by atoms with Gasteiger partial charge in [0.05, 0.1) is 11.8 Å². The van der Waals surface area contributed by atoms with E-state index in [2.05, 4.69) is 10.3 Å². The molecular formula is C13H12N2O4. The normalized spacial score (nSPS) is 21.3. The fourth-order valence-corrected chi connectivity index (χ4v) is 2.11. The summed E-state index contributed by atoms with van der Waals surface area (Å²) in [6.07, 6.45) is 0.409. The molecule has 1 heterocycles. The first-order valence-corrected chi connectivity index (χ1v) is 5.95. The highest BCUT2D eigenvalue weighted by molar-refractivity contribution is 5.99. The molecule has 6 nitrogen and oxygen atoms in total. The van der Waals surface area contributed by atoms with E-state index in [0.717, 1.165) is 0 Å². The molecule has 1 aliphatic carbocycles. The first kappa shape index (κ1) is 11.7. The van der Waals surface area contributed by atoms with Crippen LogP contribution < -0.4 is 5.32 Å². The average Bonchev–Trinajstić information content (AvgIpc) is 3.06. The number of oxazole rings is 1. The molecule has 0 radical (unpaired) electrons. The van der Waals surface area contributed by atoms with E-state index in [-0.39, 0.29) is 5.91 Å². The van der Waals surface area contributed by atoms with Gasteiger partial charge in [0.1, 0.15) is 5.52 Å². The van der Waals surface area contributed by atoms with E-state index in [4.69, 9.17) is 9.52 Å². The summed E-state index contributed by atoms with van der Waals surface area (Å²) < 4.78 is 5.33. The molecule has 3 rings (SSSR count). The van der Waals surface area contributed by atoms with Crippen LogP contribution in [0.3, 0.4) is 0 Å². The maximum atomic E-state index is 11.8. The molecule has 0 spiro atoms. The summed E-state index contributed by atoms with van der Waals surface area (Å²) in [6, 6.07) is 5.15. The van der Waals surface area contributed by atoms with Crippen molar-refractivity contribution in [1.82, 2.24) is 4.98 Å². The fraction of sp³-hybridized carbons (Fsp3) is 0.308. The second-order valence-electron chi connectivity index (χ2n) is 4.69. The summed E-state index contributed by atoms with van der Waals surface area (Å²) in [5.74, 6) is -1.58. The second kappa shape index (κ2) is 4.08. The Hall–Kier alpha value is -2.37. The number of carbonyl (C=O) groups excluding carboxylic acids is 1. The highest BCUT2D eigenvalue weighted by Crippen LogP contribution is 2.39. The minimum atomic E-state index is -0.914. The lowest BCUT2D eigenvalue weighted by atomic mass is 10.2. The predicted molar refractivity (Wildman–Crippen MR) is 66.6 cm³/mol. The zero-order chi connectivity index (χ0) is 13.6. The Balaban J connectivity index is 1.75. The minimum absolute atomic E-state index is 0.257. The van der Waals surface area contributed by atoms with Gasteiger partial charge in [0.15, 0.2) is 11.5 Å². The highest BCUT2D eigenvalue weighted by atomic mass is 16.4. The predicted octanol–water partition coefficient (Wildman–Crippen LogP) is 1.80. The second-order valence-corrected chi connectivity index (χ2v) is 4.69. The summed E-state index contributed by atoms with van der Waals surface area (Å²) in [7, 11) is 0. The number of hydrogen-bond donors (Lipinski definition) is 2. The van der Waals surface area contributed by atoms with E-state index in [9.17, 15) is 9.59 Å². The van der Waals surface area contributed by atoms with Crippen LogP contribution in [-0.4, -0.2) is 22.0 Å². The number of hydrogen-bond acceptors (Lipinski definition) is 4. The molecule has 0 aliphatic heterocycles. The standard InChI is InChI=1S/C13H12N2O4/c1-6-14-10-4-7(2-3-11(10)19-6)15-12(16)8-5-9(8)13(17)18/h2-4,8-9H,5H2,1H3,(H,15,16)(H,17,18). The molecule has 2 aromatic rings. The third-order valence-electron chi connectivity index (χ3n) is 3.21. The SMILES string of the molecule is Cc1nc2cc(NC(=O)C3CC3C(=O)O)ccc2o1. The molecular weight excluding hydrogens is 248 g/mol. The monoisotopic (exact) mass is 260 g/mol. The highest BCUT2D eigenvalue weighted by Gasteiger charge is 2.48. The number of nitrogens with zero attached hydrogens (tertiary/aromatic N) is 1. The first-order chi connectivity index (χ1) is 9.04. The lowest BCUT2D eigenvalue weighted by Crippen LogP contribution is -2.16. The van der Waals surface area contributed by atoms with Crippen molar-refractivity contribution in [2.45, 2.75) is 13.3 Å². The van der Waals surface area contributed by atoms with E-state index >= 15 is 0 Å². The van der Waals surface area contributed by atoms with Gasteiger partial charge in [-0.2, -0.15) is 0 Å². The molecule has 2 N–H and O–H groups in total. The summed E-state index contributed by atoms with van der Waals surface area (Å²) in [5.41, 5.74) is 1.92. The third-order valence-corrected chi connectivity index (χ3v) is 3.21. The smallest absolute Gasteiger partial charge is 0.307 e.